The summed E-state index contributed by atoms with van der Waals surface area (Å²) in [6.45, 7) is 3.52. The molecule has 1 aliphatic rings. The number of ether oxygens (including phenoxy) is 4. The molecule has 1 fully saturated rings. The molecule has 6 atom stereocenters. The second-order valence-electron chi connectivity index (χ2n) is 14.3. The Balaban J connectivity index is 2.54. The van der Waals surface area contributed by atoms with E-state index in [1.54, 1.807) is 0 Å². The van der Waals surface area contributed by atoms with Crippen LogP contribution in [0, 0.1) is 0 Å². The van der Waals surface area contributed by atoms with Crippen LogP contribution in [-0.4, -0.2) is 96.0 Å². The highest BCUT2D eigenvalue weighted by atomic mass is 32.2. The molecule has 0 aromatic carbocycles. The van der Waals surface area contributed by atoms with Crippen LogP contribution >= 0.6 is 0 Å². The van der Waals surface area contributed by atoms with Crippen LogP contribution in [0.3, 0.4) is 0 Å². The van der Waals surface area contributed by atoms with E-state index in [1.165, 1.54) is 25.7 Å². The summed E-state index contributed by atoms with van der Waals surface area (Å²) in [4.78, 5) is 25.3. The molecular formula is C44H72O12S. The molecule has 1 rings (SSSR count). The van der Waals surface area contributed by atoms with Gasteiger partial charge in [-0.2, -0.15) is 8.42 Å². The van der Waals surface area contributed by atoms with Gasteiger partial charge in [0.05, 0.1) is 6.61 Å². The second kappa shape index (κ2) is 34.0. The van der Waals surface area contributed by atoms with Gasteiger partial charge in [-0.3, -0.25) is 14.1 Å². The largest absolute Gasteiger partial charge is 0.462 e. The number of rotatable bonds is 33. The summed E-state index contributed by atoms with van der Waals surface area (Å²) in [6, 6.07) is 0. The summed E-state index contributed by atoms with van der Waals surface area (Å²) in [6.07, 6.45) is 32.6. The van der Waals surface area contributed by atoms with Gasteiger partial charge >= 0.3 is 11.9 Å². The van der Waals surface area contributed by atoms with Gasteiger partial charge in [0.25, 0.3) is 10.1 Å². The van der Waals surface area contributed by atoms with Crippen molar-refractivity contribution in [3.05, 3.63) is 72.9 Å². The molecule has 0 spiro atoms. The Morgan fingerprint density at radius 3 is 1.72 bits per heavy atom. The number of carbonyl (C=O) groups is 2. The average Bonchev–Trinajstić information content (AvgIpc) is 3.17. The lowest BCUT2D eigenvalue weighted by atomic mass is 10.00. The first-order chi connectivity index (χ1) is 27.5. The number of esters is 2. The van der Waals surface area contributed by atoms with Gasteiger partial charge in [-0.1, -0.05) is 125 Å². The molecule has 326 valence electrons. The van der Waals surface area contributed by atoms with Crippen molar-refractivity contribution < 1.29 is 56.8 Å². The second-order valence-corrected chi connectivity index (χ2v) is 15.8. The zero-order chi connectivity index (χ0) is 42.0. The Morgan fingerprint density at radius 1 is 0.614 bits per heavy atom. The highest BCUT2D eigenvalue weighted by Crippen LogP contribution is 2.24. The van der Waals surface area contributed by atoms with Gasteiger partial charge in [-0.15, -0.1) is 0 Å². The summed E-state index contributed by atoms with van der Waals surface area (Å²) in [7, 11) is -4.61. The molecule has 0 bridgehead atoms. The number of aliphatic hydroxyl groups is 3. The summed E-state index contributed by atoms with van der Waals surface area (Å²) < 4.78 is 53.8. The highest BCUT2D eigenvalue weighted by molar-refractivity contribution is 7.85. The third-order valence-corrected chi connectivity index (χ3v) is 9.78. The minimum Gasteiger partial charge on any atom is -0.462 e. The first kappa shape index (κ1) is 52.1. The number of carbonyl (C=O) groups excluding carboxylic acids is 2. The minimum absolute atomic E-state index is 0.0363. The number of aliphatic hydroxyl groups excluding tert-OH is 3. The maximum atomic E-state index is 12.7. The lowest BCUT2D eigenvalue weighted by molar-refractivity contribution is -0.297. The van der Waals surface area contributed by atoms with Crippen molar-refractivity contribution >= 4 is 22.1 Å². The topological polar surface area (TPSA) is 186 Å². The smallest absolute Gasteiger partial charge is 0.306 e. The quantitative estimate of drug-likeness (QED) is 0.0217. The number of allylic oxidation sites excluding steroid dienone is 12. The van der Waals surface area contributed by atoms with Gasteiger partial charge in [0.15, 0.2) is 12.4 Å². The molecule has 0 aromatic rings. The maximum absolute atomic E-state index is 12.7. The van der Waals surface area contributed by atoms with Crippen LogP contribution in [0.2, 0.25) is 0 Å². The normalized spacial score (nSPS) is 21.3. The van der Waals surface area contributed by atoms with Crippen molar-refractivity contribution in [2.24, 2.45) is 0 Å². The molecule has 0 saturated carbocycles. The predicted octanol–water partition coefficient (Wildman–Crippen LogP) is 7.94. The van der Waals surface area contributed by atoms with Crippen molar-refractivity contribution in [1.29, 1.82) is 0 Å². The first-order valence-electron chi connectivity index (χ1n) is 21.0. The van der Waals surface area contributed by atoms with Gasteiger partial charge < -0.3 is 34.3 Å². The minimum atomic E-state index is -4.61. The molecule has 6 unspecified atom stereocenters. The Labute approximate surface area is 342 Å². The third kappa shape index (κ3) is 29.0. The molecule has 57 heavy (non-hydrogen) atoms. The summed E-state index contributed by atoms with van der Waals surface area (Å²) >= 11 is 0. The fourth-order valence-electron chi connectivity index (χ4n) is 5.78. The van der Waals surface area contributed by atoms with E-state index in [2.05, 4.69) is 68.5 Å². The highest BCUT2D eigenvalue weighted by Gasteiger charge is 2.46. The van der Waals surface area contributed by atoms with Crippen LogP contribution in [0.5, 0.6) is 0 Å². The van der Waals surface area contributed by atoms with E-state index in [1.807, 2.05) is 18.2 Å². The summed E-state index contributed by atoms with van der Waals surface area (Å²) in [5, 5.41) is 30.8. The molecule has 13 heteroatoms. The van der Waals surface area contributed by atoms with Crippen LogP contribution in [0.15, 0.2) is 72.9 Å². The van der Waals surface area contributed by atoms with Crippen LogP contribution in [0.4, 0.5) is 0 Å². The number of hydrogen-bond acceptors (Lipinski definition) is 11. The van der Waals surface area contributed by atoms with Crippen LogP contribution < -0.4 is 0 Å². The van der Waals surface area contributed by atoms with Crippen LogP contribution in [-0.2, 0) is 38.7 Å². The lowest BCUT2D eigenvalue weighted by Gasteiger charge is -2.40. The SMILES string of the molecule is CC/C=C\C/C=C\C/C=C\C/C=C\CCC(=O)OC(COC(=O)CCCCCCC/C=C\C/C=C\CCCCCC)COC1OC(CS(=O)(=O)O)C(O)C(O)C1O. The fourth-order valence-corrected chi connectivity index (χ4v) is 6.47. The third-order valence-electron chi connectivity index (χ3n) is 9.03. The molecule has 0 radical (unpaired) electrons. The van der Waals surface area contributed by atoms with E-state index >= 15 is 0 Å². The van der Waals surface area contributed by atoms with Gasteiger partial charge in [0, 0.05) is 12.8 Å². The molecule has 0 aliphatic carbocycles. The Kier molecular flexibility index (Phi) is 31.1. The molecule has 4 N–H and O–H groups in total. The molecule has 1 heterocycles. The Morgan fingerprint density at radius 2 is 1.14 bits per heavy atom. The lowest BCUT2D eigenvalue weighted by Crippen LogP contribution is -2.60. The summed E-state index contributed by atoms with van der Waals surface area (Å²) in [5.41, 5.74) is 0. The van der Waals surface area contributed by atoms with E-state index in [4.69, 9.17) is 18.9 Å². The van der Waals surface area contributed by atoms with Crippen molar-refractivity contribution in [2.75, 3.05) is 19.0 Å². The zero-order valence-corrected chi connectivity index (χ0v) is 35.2. The number of hydrogen-bond donors (Lipinski definition) is 4. The van der Waals surface area contributed by atoms with Gasteiger partial charge in [-0.25, -0.2) is 0 Å². The van der Waals surface area contributed by atoms with Gasteiger partial charge in [0.1, 0.15) is 36.8 Å². The van der Waals surface area contributed by atoms with E-state index in [0.29, 0.717) is 19.3 Å². The van der Waals surface area contributed by atoms with Gasteiger partial charge in [-0.05, 0) is 70.6 Å². The standard InChI is InChI=1S/C44H72O12S/c1-3-5-7-9-11-13-15-17-18-19-21-22-24-26-28-30-32-39(45)53-34-37(35-54-44-43(49)42(48)41(47)38(56-44)36-57(50,51)52)55-40(46)33-31-29-27-25-23-20-16-14-12-10-8-6-4-2/h6,8,12-15,18-20,23,27,29,37-38,41-44,47-49H,3-5,7,9-11,16-17,21-22,24-26,28,30-36H2,1-2H3,(H,50,51,52)/b8-6-,14-12-,15-13-,19-18-,23-20-,29-27-. The molecule has 12 nitrogen and oxygen atoms in total. The van der Waals surface area contributed by atoms with Crippen LogP contribution in [0.1, 0.15) is 136 Å². The molecular weight excluding hydrogens is 753 g/mol. The maximum Gasteiger partial charge on any atom is 0.306 e. The van der Waals surface area contributed by atoms with Crippen molar-refractivity contribution in [1.82, 2.24) is 0 Å². The zero-order valence-electron chi connectivity index (χ0n) is 34.4. The predicted molar refractivity (Wildman–Crippen MR) is 224 cm³/mol. The van der Waals surface area contributed by atoms with Crippen molar-refractivity contribution in [2.45, 2.75) is 173 Å². The van der Waals surface area contributed by atoms with E-state index in [0.717, 1.165) is 64.2 Å². The molecule has 1 saturated heterocycles. The van der Waals surface area contributed by atoms with Crippen molar-refractivity contribution in [3.63, 3.8) is 0 Å². The van der Waals surface area contributed by atoms with Crippen LogP contribution in [0.25, 0.3) is 0 Å². The van der Waals surface area contributed by atoms with Crippen molar-refractivity contribution in [3.8, 4) is 0 Å². The Bertz CT molecular complexity index is 1340. The molecule has 0 amide bonds. The number of unbranched alkanes of at least 4 members (excludes halogenated alkanes) is 9. The van der Waals surface area contributed by atoms with E-state index in [9.17, 15) is 37.9 Å². The molecule has 1 aliphatic heterocycles. The summed E-state index contributed by atoms with van der Waals surface area (Å²) in [5.74, 6) is -2.12. The Hall–Kier alpha value is -2.91. The van der Waals surface area contributed by atoms with E-state index in [-0.39, 0.29) is 19.4 Å². The average molecular weight is 825 g/mol. The molecule has 0 aromatic heterocycles. The fraction of sp³-hybridized carbons (Fsp3) is 0.682. The van der Waals surface area contributed by atoms with Gasteiger partial charge in [0.2, 0.25) is 0 Å². The first-order valence-corrected chi connectivity index (χ1v) is 22.6. The van der Waals surface area contributed by atoms with E-state index < -0.39 is 71.2 Å². The monoisotopic (exact) mass is 824 g/mol.